The van der Waals surface area contributed by atoms with Gasteiger partial charge >= 0.3 is 0 Å². The molecule has 0 bridgehead atoms. The Kier molecular flexibility index (Phi) is 5.51. The van der Waals surface area contributed by atoms with Crippen molar-refractivity contribution >= 4 is 17.7 Å². The molecule has 104 valence electrons. The summed E-state index contributed by atoms with van der Waals surface area (Å²) in [5.74, 6) is 2.47. The average Bonchev–Trinajstić information content (AvgIpc) is 2.92. The fraction of sp³-hybridized carbons (Fsp3) is 0.571. The molecular formula is C14H20N2O2S. The summed E-state index contributed by atoms with van der Waals surface area (Å²) in [5.41, 5.74) is 0.538. The number of pyridine rings is 1. The lowest BCUT2D eigenvalue weighted by Gasteiger charge is -2.14. The highest BCUT2D eigenvalue weighted by Gasteiger charge is 2.21. The molecule has 2 rings (SSSR count). The molecule has 5 heteroatoms. The minimum Gasteiger partial charge on any atom is -0.473 e. The van der Waals surface area contributed by atoms with Gasteiger partial charge in [0.2, 0.25) is 5.88 Å². The second kappa shape index (κ2) is 7.38. The van der Waals surface area contributed by atoms with E-state index in [1.165, 1.54) is 0 Å². The third-order valence-corrected chi connectivity index (χ3v) is 4.13. The van der Waals surface area contributed by atoms with E-state index in [9.17, 15) is 4.79 Å². The lowest BCUT2D eigenvalue weighted by Crippen LogP contribution is -2.26. The second-order valence-electron chi connectivity index (χ2n) is 4.57. The molecule has 0 spiro atoms. The number of nitrogens with zero attached hydrogens (tertiary/aromatic N) is 1. The lowest BCUT2D eigenvalue weighted by molar-refractivity contribution is 0.0945. The van der Waals surface area contributed by atoms with Crippen LogP contribution in [0.1, 0.15) is 36.5 Å². The Bertz CT molecular complexity index is 420. The van der Waals surface area contributed by atoms with Gasteiger partial charge in [0.25, 0.3) is 5.91 Å². The maximum atomic E-state index is 12.1. The molecule has 0 saturated carbocycles. The van der Waals surface area contributed by atoms with Crippen LogP contribution in [0.3, 0.4) is 0 Å². The number of unbranched alkanes of at least 4 members (excludes halogenated alkanes) is 1. The Morgan fingerprint density at radius 1 is 1.63 bits per heavy atom. The van der Waals surface area contributed by atoms with Crippen LogP contribution in [0, 0.1) is 0 Å². The van der Waals surface area contributed by atoms with Crippen LogP contribution in [0.15, 0.2) is 18.3 Å². The summed E-state index contributed by atoms with van der Waals surface area (Å²) < 4.78 is 5.84. The van der Waals surface area contributed by atoms with E-state index in [0.717, 1.165) is 30.8 Å². The molecule has 4 nitrogen and oxygen atoms in total. The van der Waals surface area contributed by atoms with Crippen molar-refractivity contribution in [3.05, 3.63) is 23.9 Å². The van der Waals surface area contributed by atoms with Crippen LogP contribution in [0.2, 0.25) is 0 Å². The number of rotatable bonds is 6. The zero-order valence-corrected chi connectivity index (χ0v) is 12.0. The van der Waals surface area contributed by atoms with Gasteiger partial charge in [0.05, 0.1) is 0 Å². The van der Waals surface area contributed by atoms with Gasteiger partial charge < -0.3 is 10.1 Å². The molecule has 0 radical (unpaired) electrons. The number of nitrogens with one attached hydrogen (secondary N) is 1. The van der Waals surface area contributed by atoms with Crippen LogP contribution in [0.25, 0.3) is 0 Å². The summed E-state index contributed by atoms with van der Waals surface area (Å²) in [6.07, 6.45) is 4.93. The van der Waals surface area contributed by atoms with Gasteiger partial charge in [-0.25, -0.2) is 4.98 Å². The van der Waals surface area contributed by atoms with Crippen LogP contribution in [-0.4, -0.2) is 35.0 Å². The van der Waals surface area contributed by atoms with Crippen molar-refractivity contribution in [3.63, 3.8) is 0 Å². The van der Waals surface area contributed by atoms with Crippen molar-refractivity contribution in [2.45, 2.75) is 32.3 Å². The van der Waals surface area contributed by atoms with E-state index >= 15 is 0 Å². The molecule has 1 unspecified atom stereocenters. The molecule has 0 aromatic carbocycles. The third-order valence-electron chi connectivity index (χ3n) is 3.00. The van der Waals surface area contributed by atoms with Crippen molar-refractivity contribution < 1.29 is 9.53 Å². The fourth-order valence-corrected chi connectivity index (χ4v) is 2.99. The SMILES string of the molecule is CCCCNC(=O)c1cccnc1OC1CCSC1. The molecular weight excluding hydrogens is 260 g/mol. The van der Waals surface area contributed by atoms with Crippen LogP contribution < -0.4 is 10.1 Å². The number of amides is 1. The normalized spacial score (nSPS) is 18.3. The second-order valence-corrected chi connectivity index (χ2v) is 5.72. The molecule has 1 aromatic heterocycles. The topological polar surface area (TPSA) is 51.2 Å². The Morgan fingerprint density at radius 2 is 2.53 bits per heavy atom. The first kappa shape index (κ1) is 14.2. The number of thioether (sulfide) groups is 1. The molecule has 1 aliphatic heterocycles. The Morgan fingerprint density at radius 3 is 3.26 bits per heavy atom. The highest BCUT2D eigenvalue weighted by atomic mass is 32.2. The average molecular weight is 280 g/mol. The van der Waals surface area contributed by atoms with Gasteiger partial charge in [0.1, 0.15) is 11.7 Å². The molecule has 2 heterocycles. The first-order valence-corrected chi connectivity index (χ1v) is 7.94. The maximum Gasteiger partial charge on any atom is 0.256 e. The number of aromatic nitrogens is 1. The quantitative estimate of drug-likeness (QED) is 0.813. The van der Waals surface area contributed by atoms with E-state index in [1.54, 1.807) is 18.3 Å². The van der Waals surface area contributed by atoms with Gasteiger partial charge in [-0.1, -0.05) is 13.3 Å². The van der Waals surface area contributed by atoms with E-state index in [4.69, 9.17) is 4.74 Å². The third kappa shape index (κ3) is 4.13. The van der Waals surface area contributed by atoms with Crippen molar-refractivity contribution in [3.8, 4) is 5.88 Å². The van der Waals surface area contributed by atoms with E-state index < -0.39 is 0 Å². The predicted octanol–water partition coefficient (Wildman–Crippen LogP) is 2.50. The zero-order valence-electron chi connectivity index (χ0n) is 11.2. The van der Waals surface area contributed by atoms with Crippen molar-refractivity contribution in [2.75, 3.05) is 18.1 Å². The van der Waals surface area contributed by atoms with Gasteiger partial charge in [0.15, 0.2) is 0 Å². The minimum atomic E-state index is -0.0952. The Balaban J connectivity index is 2.00. The lowest BCUT2D eigenvalue weighted by atomic mass is 10.2. The van der Waals surface area contributed by atoms with Crippen LogP contribution in [0.5, 0.6) is 5.88 Å². The summed E-state index contributed by atoms with van der Waals surface area (Å²) >= 11 is 1.88. The minimum absolute atomic E-state index is 0.0952. The molecule has 19 heavy (non-hydrogen) atoms. The fourth-order valence-electron chi connectivity index (χ4n) is 1.90. The van der Waals surface area contributed by atoms with Crippen molar-refractivity contribution in [1.82, 2.24) is 10.3 Å². The van der Waals surface area contributed by atoms with E-state index in [1.807, 2.05) is 11.8 Å². The largest absolute Gasteiger partial charge is 0.473 e. The van der Waals surface area contributed by atoms with Crippen LogP contribution >= 0.6 is 11.8 Å². The number of carbonyl (C=O) groups excluding carboxylic acids is 1. The predicted molar refractivity (Wildman–Crippen MR) is 77.8 cm³/mol. The van der Waals surface area contributed by atoms with Gasteiger partial charge in [0, 0.05) is 18.5 Å². The monoisotopic (exact) mass is 280 g/mol. The molecule has 1 aromatic rings. The smallest absolute Gasteiger partial charge is 0.256 e. The van der Waals surface area contributed by atoms with Crippen molar-refractivity contribution in [2.24, 2.45) is 0 Å². The molecule has 0 aliphatic carbocycles. The highest BCUT2D eigenvalue weighted by molar-refractivity contribution is 7.99. The van der Waals surface area contributed by atoms with Gasteiger partial charge in [-0.2, -0.15) is 11.8 Å². The summed E-state index contributed by atoms with van der Waals surface area (Å²) in [7, 11) is 0. The van der Waals surface area contributed by atoms with Gasteiger partial charge in [-0.05, 0) is 30.7 Å². The van der Waals surface area contributed by atoms with Crippen LogP contribution in [0.4, 0.5) is 0 Å². The number of hydrogen-bond acceptors (Lipinski definition) is 4. The van der Waals surface area contributed by atoms with Gasteiger partial charge in [-0.3, -0.25) is 4.79 Å². The summed E-state index contributed by atoms with van der Waals surface area (Å²) in [6.45, 7) is 2.80. The molecule has 1 amide bonds. The number of hydrogen-bond donors (Lipinski definition) is 1. The van der Waals surface area contributed by atoms with Crippen LogP contribution in [-0.2, 0) is 0 Å². The molecule has 1 atom stereocenters. The molecule has 1 fully saturated rings. The van der Waals surface area contributed by atoms with E-state index in [2.05, 4.69) is 17.2 Å². The standard InChI is InChI=1S/C14H20N2O2S/c1-2-3-7-15-13(17)12-5-4-8-16-14(12)18-11-6-9-19-10-11/h4-5,8,11H,2-3,6-7,9-10H2,1H3,(H,15,17). The zero-order chi connectivity index (χ0) is 13.5. The molecule has 1 N–H and O–H groups in total. The Hall–Kier alpha value is -1.23. The molecule has 1 saturated heterocycles. The Labute approximate surface area is 118 Å². The van der Waals surface area contributed by atoms with Gasteiger partial charge in [-0.15, -0.1) is 0 Å². The molecule has 1 aliphatic rings. The summed E-state index contributed by atoms with van der Waals surface area (Å²) in [4.78, 5) is 16.3. The van der Waals surface area contributed by atoms with E-state index in [0.29, 0.717) is 18.0 Å². The van der Waals surface area contributed by atoms with E-state index in [-0.39, 0.29) is 12.0 Å². The van der Waals surface area contributed by atoms with Crippen molar-refractivity contribution in [1.29, 1.82) is 0 Å². The summed E-state index contributed by atoms with van der Waals surface area (Å²) in [6, 6.07) is 3.54. The number of ether oxygens (including phenoxy) is 1. The maximum absolute atomic E-state index is 12.1. The summed E-state index contributed by atoms with van der Waals surface area (Å²) in [5, 5.41) is 2.90. The highest BCUT2D eigenvalue weighted by Crippen LogP contribution is 2.24. The first-order valence-electron chi connectivity index (χ1n) is 6.79. The first-order chi connectivity index (χ1) is 9.31. The number of carbonyl (C=O) groups is 1.